The lowest BCUT2D eigenvalue weighted by molar-refractivity contribution is 0.252. The highest BCUT2D eigenvalue weighted by molar-refractivity contribution is 7.92. The molecule has 0 atom stereocenters. The molecule has 0 saturated carbocycles. The van der Waals surface area contributed by atoms with E-state index in [1.54, 1.807) is 31.2 Å². The summed E-state index contributed by atoms with van der Waals surface area (Å²) in [5.41, 5.74) is 1.76. The summed E-state index contributed by atoms with van der Waals surface area (Å²) in [6.07, 6.45) is 0. The molecule has 0 fully saturated rings. The van der Waals surface area contributed by atoms with Crippen LogP contribution in [0.5, 0.6) is 0 Å². The maximum Gasteiger partial charge on any atom is 0.319 e. The van der Waals surface area contributed by atoms with Crippen LogP contribution in [0.15, 0.2) is 53.4 Å². The van der Waals surface area contributed by atoms with Crippen molar-refractivity contribution in [1.29, 1.82) is 0 Å². The van der Waals surface area contributed by atoms with E-state index in [-0.39, 0.29) is 10.9 Å². The van der Waals surface area contributed by atoms with Gasteiger partial charge >= 0.3 is 6.03 Å². The molecule has 3 N–H and O–H groups in total. The second-order valence-corrected chi connectivity index (χ2v) is 6.62. The van der Waals surface area contributed by atoms with E-state index in [4.69, 9.17) is 0 Å². The molecular weight excluding hydrogens is 314 g/mol. The molecule has 2 rings (SSSR count). The maximum absolute atomic E-state index is 12.5. The molecule has 0 aliphatic carbocycles. The van der Waals surface area contributed by atoms with Gasteiger partial charge in [0.2, 0.25) is 0 Å². The summed E-state index contributed by atoms with van der Waals surface area (Å²) in [5.74, 6) is 0. The van der Waals surface area contributed by atoms with Gasteiger partial charge in [-0.1, -0.05) is 24.3 Å². The number of benzene rings is 2. The standard InChI is InChI=1S/C16H19N3O3S/c1-3-17-16(20)18-13-8-6-9-14(11-13)23(21,22)19-15-10-5-4-7-12(15)2/h4-11,19H,3H2,1-2H3,(H2,17,18,20). The number of hydrogen-bond acceptors (Lipinski definition) is 3. The first-order valence-electron chi connectivity index (χ1n) is 7.16. The average molecular weight is 333 g/mol. The number of para-hydroxylation sites is 1. The van der Waals surface area contributed by atoms with Crippen molar-refractivity contribution in [3.63, 3.8) is 0 Å². The van der Waals surface area contributed by atoms with Gasteiger partial charge in [0.25, 0.3) is 10.0 Å². The molecule has 0 aliphatic rings. The lowest BCUT2D eigenvalue weighted by atomic mass is 10.2. The van der Waals surface area contributed by atoms with Crippen LogP contribution < -0.4 is 15.4 Å². The largest absolute Gasteiger partial charge is 0.338 e. The predicted octanol–water partition coefficient (Wildman–Crippen LogP) is 2.94. The van der Waals surface area contributed by atoms with E-state index in [1.165, 1.54) is 12.1 Å². The monoisotopic (exact) mass is 333 g/mol. The summed E-state index contributed by atoms with van der Waals surface area (Å²) in [7, 11) is -3.73. The fourth-order valence-electron chi connectivity index (χ4n) is 1.97. The predicted molar refractivity (Wildman–Crippen MR) is 91.1 cm³/mol. The third-order valence-electron chi connectivity index (χ3n) is 3.13. The molecule has 7 heteroatoms. The number of carbonyl (C=O) groups excluding carboxylic acids is 1. The number of amides is 2. The molecule has 0 unspecified atom stereocenters. The minimum atomic E-state index is -3.73. The van der Waals surface area contributed by atoms with Crippen molar-refractivity contribution in [3.05, 3.63) is 54.1 Å². The molecule has 0 spiro atoms. The highest BCUT2D eigenvalue weighted by Gasteiger charge is 2.16. The van der Waals surface area contributed by atoms with Crippen molar-refractivity contribution >= 4 is 27.4 Å². The number of urea groups is 1. The molecule has 122 valence electrons. The van der Waals surface area contributed by atoms with Crippen molar-refractivity contribution in [3.8, 4) is 0 Å². The fraction of sp³-hybridized carbons (Fsp3) is 0.188. The van der Waals surface area contributed by atoms with Gasteiger partial charge in [-0.25, -0.2) is 13.2 Å². The van der Waals surface area contributed by atoms with Gasteiger partial charge in [0.05, 0.1) is 10.6 Å². The fourth-order valence-corrected chi connectivity index (χ4v) is 3.14. The minimum absolute atomic E-state index is 0.0788. The molecule has 2 aromatic rings. The Morgan fingerprint density at radius 3 is 2.52 bits per heavy atom. The van der Waals surface area contributed by atoms with Crippen LogP contribution in [0.25, 0.3) is 0 Å². The Morgan fingerprint density at radius 2 is 1.83 bits per heavy atom. The molecule has 2 aromatic carbocycles. The van der Waals surface area contributed by atoms with Crippen LogP contribution in [-0.2, 0) is 10.0 Å². The summed E-state index contributed by atoms with van der Waals surface area (Å²) >= 11 is 0. The van der Waals surface area contributed by atoms with E-state index in [1.807, 2.05) is 19.1 Å². The first-order valence-corrected chi connectivity index (χ1v) is 8.64. The third-order valence-corrected chi connectivity index (χ3v) is 4.49. The van der Waals surface area contributed by atoms with Crippen molar-refractivity contribution in [1.82, 2.24) is 5.32 Å². The lowest BCUT2D eigenvalue weighted by Gasteiger charge is -2.12. The topological polar surface area (TPSA) is 87.3 Å². The Morgan fingerprint density at radius 1 is 1.09 bits per heavy atom. The van der Waals surface area contributed by atoms with Gasteiger partial charge in [-0.15, -0.1) is 0 Å². The molecule has 6 nitrogen and oxygen atoms in total. The van der Waals surface area contributed by atoms with Gasteiger partial charge in [-0.3, -0.25) is 4.72 Å². The highest BCUT2D eigenvalue weighted by atomic mass is 32.2. The maximum atomic E-state index is 12.5. The first kappa shape index (κ1) is 16.8. The Kier molecular flexibility index (Phi) is 5.23. The average Bonchev–Trinajstić information content (AvgIpc) is 2.50. The number of carbonyl (C=O) groups is 1. The SMILES string of the molecule is CCNC(=O)Nc1cccc(S(=O)(=O)Nc2ccccc2C)c1. The third kappa shape index (κ3) is 4.46. The van der Waals surface area contributed by atoms with Crippen LogP contribution in [0.1, 0.15) is 12.5 Å². The van der Waals surface area contributed by atoms with Gasteiger partial charge in [-0.2, -0.15) is 0 Å². The smallest absolute Gasteiger partial charge is 0.319 e. The number of aryl methyl sites for hydroxylation is 1. The Bertz CT molecular complexity index is 804. The quantitative estimate of drug-likeness (QED) is 0.786. The van der Waals surface area contributed by atoms with Crippen molar-refractivity contribution in [2.24, 2.45) is 0 Å². The van der Waals surface area contributed by atoms with Crippen molar-refractivity contribution in [2.75, 3.05) is 16.6 Å². The highest BCUT2D eigenvalue weighted by Crippen LogP contribution is 2.21. The van der Waals surface area contributed by atoms with Gasteiger partial charge in [-0.05, 0) is 43.7 Å². The Labute approximate surface area is 136 Å². The van der Waals surface area contributed by atoms with E-state index >= 15 is 0 Å². The second kappa shape index (κ2) is 7.15. The van der Waals surface area contributed by atoms with Gasteiger partial charge < -0.3 is 10.6 Å². The van der Waals surface area contributed by atoms with Gasteiger partial charge in [0.15, 0.2) is 0 Å². The number of hydrogen-bond donors (Lipinski definition) is 3. The second-order valence-electron chi connectivity index (χ2n) is 4.93. The summed E-state index contributed by atoms with van der Waals surface area (Å²) in [4.78, 5) is 11.6. The molecule has 0 heterocycles. The summed E-state index contributed by atoms with van der Waals surface area (Å²) < 4.78 is 27.5. The molecule has 0 saturated heterocycles. The lowest BCUT2D eigenvalue weighted by Crippen LogP contribution is -2.28. The number of rotatable bonds is 5. The molecule has 2 amide bonds. The number of anilines is 2. The minimum Gasteiger partial charge on any atom is -0.338 e. The zero-order valence-electron chi connectivity index (χ0n) is 13.0. The van der Waals surface area contributed by atoms with E-state index in [0.29, 0.717) is 17.9 Å². The van der Waals surface area contributed by atoms with Gasteiger partial charge in [0.1, 0.15) is 0 Å². The summed E-state index contributed by atoms with van der Waals surface area (Å²) in [6.45, 7) is 4.11. The molecule has 0 aromatic heterocycles. The molecule has 0 radical (unpaired) electrons. The summed E-state index contributed by atoms with van der Waals surface area (Å²) in [5, 5.41) is 5.17. The zero-order valence-corrected chi connectivity index (χ0v) is 13.8. The van der Waals surface area contributed by atoms with E-state index in [2.05, 4.69) is 15.4 Å². The van der Waals surface area contributed by atoms with Crippen molar-refractivity contribution < 1.29 is 13.2 Å². The molecule has 0 aliphatic heterocycles. The normalized spacial score (nSPS) is 10.9. The summed E-state index contributed by atoms with van der Waals surface area (Å²) in [6, 6.07) is 12.8. The molecule has 23 heavy (non-hydrogen) atoms. The van der Waals surface area contributed by atoms with Crippen LogP contribution in [-0.4, -0.2) is 21.0 Å². The Hall–Kier alpha value is -2.54. The van der Waals surface area contributed by atoms with Crippen LogP contribution >= 0.6 is 0 Å². The molecule has 0 bridgehead atoms. The zero-order chi connectivity index (χ0) is 16.9. The van der Waals surface area contributed by atoms with Crippen LogP contribution in [0.4, 0.5) is 16.2 Å². The van der Waals surface area contributed by atoms with Gasteiger partial charge in [0, 0.05) is 12.2 Å². The number of nitrogens with one attached hydrogen (secondary N) is 3. The van der Waals surface area contributed by atoms with Crippen LogP contribution in [0.3, 0.4) is 0 Å². The van der Waals surface area contributed by atoms with Crippen LogP contribution in [0, 0.1) is 6.92 Å². The van der Waals surface area contributed by atoms with E-state index in [0.717, 1.165) is 5.56 Å². The van der Waals surface area contributed by atoms with Crippen molar-refractivity contribution in [2.45, 2.75) is 18.7 Å². The van der Waals surface area contributed by atoms with Crippen LogP contribution in [0.2, 0.25) is 0 Å². The molecular formula is C16H19N3O3S. The first-order chi connectivity index (χ1) is 10.9. The van der Waals surface area contributed by atoms with E-state index < -0.39 is 10.0 Å². The number of sulfonamides is 1. The van der Waals surface area contributed by atoms with E-state index in [9.17, 15) is 13.2 Å². The Balaban J connectivity index is 2.23.